The lowest BCUT2D eigenvalue weighted by Gasteiger charge is -2.21. The summed E-state index contributed by atoms with van der Waals surface area (Å²) in [4.78, 5) is 14.8. The van der Waals surface area contributed by atoms with Crippen LogP contribution in [0.2, 0.25) is 5.15 Å². The molecule has 0 atom stereocenters. The summed E-state index contributed by atoms with van der Waals surface area (Å²) < 4.78 is 7.01. The van der Waals surface area contributed by atoms with Crippen molar-refractivity contribution in [1.82, 2.24) is 14.7 Å². The molecular weight excluding hydrogens is 374 g/mol. The molecule has 5 nitrogen and oxygen atoms in total. The quantitative estimate of drug-likeness (QED) is 0.601. The summed E-state index contributed by atoms with van der Waals surface area (Å²) >= 11 is 6.48. The molecule has 1 fully saturated rings. The molecule has 0 aliphatic heterocycles. The summed E-state index contributed by atoms with van der Waals surface area (Å²) in [7, 11) is 1.65. The van der Waals surface area contributed by atoms with Gasteiger partial charge in [0.15, 0.2) is 0 Å². The van der Waals surface area contributed by atoms with E-state index in [0.717, 1.165) is 42.0 Å². The van der Waals surface area contributed by atoms with E-state index in [1.807, 2.05) is 40.8 Å². The molecule has 0 bridgehead atoms. The third-order valence-electron chi connectivity index (χ3n) is 4.82. The van der Waals surface area contributed by atoms with E-state index in [1.165, 1.54) is 0 Å². The van der Waals surface area contributed by atoms with Crippen LogP contribution >= 0.6 is 11.6 Å². The van der Waals surface area contributed by atoms with Crippen LogP contribution in [0.5, 0.6) is 5.75 Å². The fourth-order valence-electron chi connectivity index (χ4n) is 3.17. The fraction of sp³-hybridized carbons (Fsp3) is 0.455. The Hall–Kier alpha value is -2.27. The first-order valence-electron chi connectivity index (χ1n) is 9.73. The van der Waals surface area contributed by atoms with Crippen molar-refractivity contribution in [3.63, 3.8) is 0 Å². The van der Waals surface area contributed by atoms with Gasteiger partial charge in [-0.15, -0.1) is 0 Å². The lowest BCUT2D eigenvalue weighted by atomic mass is 10.2. The molecule has 0 saturated heterocycles. The van der Waals surface area contributed by atoms with Crippen LogP contribution < -0.4 is 4.74 Å². The topological polar surface area (TPSA) is 47.4 Å². The van der Waals surface area contributed by atoms with E-state index in [0.29, 0.717) is 23.7 Å². The van der Waals surface area contributed by atoms with Crippen molar-refractivity contribution in [2.75, 3.05) is 7.11 Å². The molecule has 2 aromatic rings. The van der Waals surface area contributed by atoms with Crippen LogP contribution in [0.3, 0.4) is 0 Å². The highest BCUT2D eigenvalue weighted by Crippen LogP contribution is 2.29. The number of methoxy groups -OCH3 is 1. The zero-order valence-corrected chi connectivity index (χ0v) is 17.7. The van der Waals surface area contributed by atoms with E-state index in [-0.39, 0.29) is 5.91 Å². The number of carbonyl (C=O) groups is 1. The molecule has 1 aromatic carbocycles. The molecule has 1 amide bonds. The lowest BCUT2D eigenvalue weighted by Crippen LogP contribution is -2.31. The lowest BCUT2D eigenvalue weighted by molar-refractivity contribution is -0.127. The van der Waals surface area contributed by atoms with Gasteiger partial charge in [0.05, 0.1) is 12.8 Å². The molecule has 0 N–H and O–H groups in total. The highest BCUT2D eigenvalue weighted by Gasteiger charge is 2.31. The van der Waals surface area contributed by atoms with Crippen LogP contribution in [-0.2, 0) is 17.9 Å². The minimum Gasteiger partial charge on any atom is -0.497 e. The monoisotopic (exact) mass is 401 g/mol. The van der Waals surface area contributed by atoms with E-state index >= 15 is 0 Å². The number of aryl methyl sites for hydroxylation is 1. The van der Waals surface area contributed by atoms with Gasteiger partial charge in [-0.1, -0.05) is 37.6 Å². The van der Waals surface area contributed by atoms with Crippen LogP contribution in [0, 0.1) is 12.8 Å². The van der Waals surface area contributed by atoms with Gasteiger partial charge < -0.3 is 9.64 Å². The van der Waals surface area contributed by atoms with E-state index < -0.39 is 0 Å². The van der Waals surface area contributed by atoms with Crippen molar-refractivity contribution in [2.45, 2.75) is 52.7 Å². The Morgan fingerprint density at radius 2 is 2.04 bits per heavy atom. The van der Waals surface area contributed by atoms with E-state index in [9.17, 15) is 4.79 Å². The Balaban J connectivity index is 1.73. The zero-order chi connectivity index (χ0) is 20.3. The van der Waals surface area contributed by atoms with Gasteiger partial charge in [0, 0.05) is 30.8 Å². The average molecular weight is 402 g/mol. The number of nitrogens with zero attached hydrogens (tertiary/aromatic N) is 3. The number of amides is 1. The third kappa shape index (κ3) is 4.96. The first-order valence-corrected chi connectivity index (χ1v) is 10.1. The van der Waals surface area contributed by atoms with Gasteiger partial charge in [-0.05, 0) is 49.5 Å². The van der Waals surface area contributed by atoms with Gasteiger partial charge in [-0.3, -0.25) is 9.48 Å². The van der Waals surface area contributed by atoms with Crippen LogP contribution in [0.4, 0.5) is 0 Å². The molecule has 0 radical (unpaired) electrons. The van der Waals surface area contributed by atoms with E-state index in [4.69, 9.17) is 16.3 Å². The molecular formula is C22H28ClN3O2. The highest BCUT2D eigenvalue weighted by molar-refractivity contribution is 6.31. The number of aromatic nitrogens is 2. The van der Waals surface area contributed by atoms with Crippen molar-refractivity contribution in [2.24, 2.45) is 5.92 Å². The van der Waals surface area contributed by atoms with Crippen molar-refractivity contribution in [1.29, 1.82) is 0 Å². The summed E-state index contributed by atoms with van der Waals surface area (Å²) in [5.74, 6) is 1.27. The van der Waals surface area contributed by atoms with Crippen LogP contribution in [0.1, 0.15) is 43.5 Å². The number of rotatable bonds is 8. The second-order valence-electron chi connectivity index (χ2n) is 7.74. The first kappa shape index (κ1) is 20.5. The van der Waals surface area contributed by atoms with Crippen molar-refractivity contribution >= 4 is 23.6 Å². The van der Waals surface area contributed by atoms with Gasteiger partial charge in [-0.2, -0.15) is 5.10 Å². The Bertz CT molecular complexity index is 851. The Labute approximate surface area is 171 Å². The van der Waals surface area contributed by atoms with Crippen LogP contribution in [0.15, 0.2) is 30.3 Å². The minimum atomic E-state index is 0.00499. The molecule has 3 rings (SSSR count). The van der Waals surface area contributed by atoms with Gasteiger partial charge in [0.1, 0.15) is 10.9 Å². The molecule has 28 heavy (non-hydrogen) atoms. The summed E-state index contributed by atoms with van der Waals surface area (Å²) in [6, 6.07) is 8.17. The predicted octanol–water partition coefficient (Wildman–Crippen LogP) is 4.71. The maximum absolute atomic E-state index is 12.9. The fourth-order valence-corrected chi connectivity index (χ4v) is 3.48. The molecule has 0 unspecified atom stereocenters. The van der Waals surface area contributed by atoms with Crippen molar-refractivity contribution in [3.05, 3.63) is 52.3 Å². The number of hydrogen-bond donors (Lipinski definition) is 0. The number of ether oxygens (including phenoxy) is 1. The average Bonchev–Trinajstić information content (AvgIpc) is 3.46. The Kier molecular flexibility index (Phi) is 6.45. The van der Waals surface area contributed by atoms with Crippen molar-refractivity contribution in [3.8, 4) is 5.75 Å². The normalized spacial score (nSPS) is 14.1. The number of benzene rings is 1. The molecule has 1 aliphatic rings. The molecule has 1 saturated carbocycles. The zero-order valence-electron chi connectivity index (χ0n) is 17.0. The molecule has 6 heteroatoms. The largest absolute Gasteiger partial charge is 0.497 e. The summed E-state index contributed by atoms with van der Waals surface area (Å²) in [5, 5.41) is 5.09. The number of hydrogen-bond acceptors (Lipinski definition) is 3. The van der Waals surface area contributed by atoms with E-state index in [2.05, 4.69) is 18.9 Å². The second kappa shape index (κ2) is 8.82. The number of carbonyl (C=O) groups excluding carboxylic acids is 1. The first-order chi connectivity index (χ1) is 13.4. The molecule has 0 spiro atoms. The molecule has 150 valence electrons. The molecule has 1 heterocycles. The summed E-state index contributed by atoms with van der Waals surface area (Å²) in [6.45, 7) is 7.52. The van der Waals surface area contributed by atoms with E-state index in [1.54, 1.807) is 19.3 Å². The van der Waals surface area contributed by atoms with Crippen LogP contribution in [0.25, 0.3) is 6.08 Å². The smallest absolute Gasteiger partial charge is 0.247 e. The van der Waals surface area contributed by atoms with Gasteiger partial charge in [-0.25, -0.2) is 0 Å². The third-order valence-corrected chi connectivity index (χ3v) is 5.22. The maximum Gasteiger partial charge on any atom is 0.247 e. The van der Waals surface area contributed by atoms with Gasteiger partial charge in [0.2, 0.25) is 5.91 Å². The SMILES string of the molecule is COc1ccc(CN(C(=O)/C=C/c2c(C)nn(CC(C)C)c2Cl)C2CC2)cc1. The van der Waals surface area contributed by atoms with Crippen LogP contribution in [-0.4, -0.2) is 33.7 Å². The molecule has 1 aromatic heterocycles. The number of halogens is 1. The highest BCUT2D eigenvalue weighted by atomic mass is 35.5. The van der Waals surface area contributed by atoms with Gasteiger partial charge >= 0.3 is 0 Å². The second-order valence-corrected chi connectivity index (χ2v) is 8.10. The summed E-state index contributed by atoms with van der Waals surface area (Å²) in [6.07, 6.45) is 5.54. The standard InChI is InChI=1S/C22H28ClN3O2/c1-15(2)13-26-22(23)20(16(3)24-26)11-12-21(27)25(18-7-8-18)14-17-5-9-19(28-4)10-6-17/h5-6,9-12,15,18H,7-8,13-14H2,1-4H3/b12-11+. The minimum absolute atomic E-state index is 0.00499. The Morgan fingerprint density at radius 1 is 1.36 bits per heavy atom. The molecule has 1 aliphatic carbocycles. The summed E-state index contributed by atoms with van der Waals surface area (Å²) in [5.41, 5.74) is 2.74. The van der Waals surface area contributed by atoms with Crippen molar-refractivity contribution < 1.29 is 9.53 Å². The predicted molar refractivity (Wildman–Crippen MR) is 112 cm³/mol. The van der Waals surface area contributed by atoms with Gasteiger partial charge in [0.25, 0.3) is 0 Å². The maximum atomic E-state index is 12.9. The Morgan fingerprint density at radius 3 is 2.61 bits per heavy atom.